The Morgan fingerprint density at radius 2 is 2.06 bits per heavy atom. The second-order valence-corrected chi connectivity index (χ2v) is 8.55. The number of nitro groups is 1. The number of non-ortho nitro benzene ring substituents is 1. The Labute approximate surface area is 184 Å². The number of fused-ring (bicyclic) bond motifs is 1. The first-order valence-electron chi connectivity index (χ1n) is 10.2. The van der Waals surface area contributed by atoms with Crippen LogP contribution in [-0.2, 0) is 4.74 Å². The van der Waals surface area contributed by atoms with E-state index in [9.17, 15) is 14.9 Å². The molecule has 8 nitrogen and oxygen atoms in total. The molecular formula is C22H24N4O4S. The zero-order valence-electron chi connectivity index (χ0n) is 17.3. The molecule has 0 aliphatic carbocycles. The van der Waals surface area contributed by atoms with E-state index in [4.69, 9.17) is 4.74 Å². The fourth-order valence-electron chi connectivity index (χ4n) is 3.60. The van der Waals surface area contributed by atoms with Crippen LogP contribution in [0.5, 0.6) is 0 Å². The number of morpholine rings is 1. The van der Waals surface area contributed by atoms with Crippen LogP contribution < -0.4 is 4.90 Å². The second kappa shape index (κ2) is 9.51. The lowest BCUT2D eigenvalue weighted by atomic mass is 10.1. The minimum Gasteiger partial charge on any atom is -0.379 e. The van der Waals surface area contributed by atoms with E-state index < -0.39 is 4.92 Å². The molecule has 1 saturated heterocycles. The Morgan fingerprint density at radius 1 is 1.26 bits per heavy atom. The van der Waals surface area contributed by atoms with E-state index in [0.29, 0.717) is 11.7 Å². The molecule has 1 aromatic heterocycles. The standard InChI is InChI=1S/C22H24N4O4S/c1-16-6-7-19-20(14-16)31-22(23-19)25(9-3-8-24-10-12-30-13-11-24)21(27)17-4-2-5-18(15-17)26(28)29/h2,4-7,14-15H,3,8-13H2,1H3. The summed E-state index contributed by atoms with van der Waals surface area (Å²) in [7, 11) is 0. The summed E-state index contributed by atoms with van der Waals surface area (Å²) in [5, 5.41) is 11.8. The topological polar surface area (TPSA) is 88.8 Å². The summed E-state index contributed by atoms with van der Waals surface area (Å²) in [5.74, 6) is -0.276. The van der Waals surface area contributed by atoms with Gasteiger partial charge >= 0.3 is 0 Å². The van der Waals surface area contributed by atoms with Gasteiger partial charge in [-0.05, 0) is 37.1 Å². The van der Waals surface area contributed by atoms with Crippen molar-refractivity contribution in [3.05, 3.63) is 63.7 Å². The number of aromatic nitrogens is 1. The van der Waals surface area contributed by atoms with E-state index in [2.05, 4.69) is 16.0 Å². The number of rotatable bonds is 7. The summed E-state index contributed by atoms with van der Waals surface area (Å²) in [5.41, 5.74) is 2.16. The molecule has 2 aromatic carbocycles. The molecule has 0 unspecified atom stereocenters. The van der Waals surface area contributed by atoms with Crippen LogP contribution in [0.1, 0.15) is 22.3 Å². The number of anilines is 1. The Hall–Kier alpha value is -2.88. The van der Waals surface area contributed by atoms with Gasteiger partial charge in [0.05, 0.1) is 28.4 Å². The Balaban J connectivity index is 1.59. The molecule has 1 amide bonds. The normalized spacial score (nSPS) is 14.6. The molecule has 3 aromatic rings. The summed E-state index contributed by atoms with van der Waals surface area (Å²) in [6.07, 6.45) is 0.773. The van der Waals surface area contributed by atoms with Crippen LogP contribution >= 0.6 is 11.3 Å². The fraction of sp³-hybridized carbons (Fsp3) is 0.364. The highest BCUT2D eigenvalue weighted by Crippen LogP contribution is 2.31. The van der Waals surface area contributed by atoms with Crippen molar-refractivity contribution in [2.75, 3.05) is 44.3 Å². The number of benzene rings is 2. The van der Waals surface area contributed by atoms with Gasteiger partial charge in [-0.2, -0.15) is 0 Å². The fourth-order valence-corrected chi connectivity index (χ4v) is 4.69. The van der Waals surface area contributed by atoms with Crippen molar-refractivity contribution in [3.63, 3.8) is 0 Å². The summed E-state index contributed by atoms with van der Waals surface area (Å²) < 4.78 is 6.41. The number of nitrogens with zero attached hydrogens (tertiary/aromatic N) is 4. The molecule has 0 atom stereocenters. The smallest absolute Gasteiger partial charge is 0.270 e. The molecule has 1 aliphatic rings. The first-order valence-corrected chi connectivity index (χ1v) is 11.1. The molecule has 0 saturated carbocycles. The van der Waals surface area contributed by atoms with Gasteiger partial charge in [0.1, 0.15) is 0 Å². The molecule has 4 rings (SSSR count). The van der Waals surface area contributed by atoms with Crippen molar-refractivity contribution in [1.29, 1.82) is 0 Å². The molecule has 9 heteroatoms. The van der Waals surface area contributed by atoms with Crippen molar-refractivity contribution in [2.45, 2.75) is 13.3 Å². The van der Waals surface area contributed by atoms with Gasteiger partial charge in [-0.1, -0.05) is 23.5 Å². The third-order valence-electron chi connectivity index (χ3n) is 5.27. The van der Waals surface area contributed by atoms with Gasteiger partial charge < -0.3 is 4.74 Å². The number of carbonyl (C=O) groups excluding carboxylic acids is 1. The van der Waals surface area contributed by atoms with E-state index in [1.165, 1.54) is 23.5 Å². The molecular weight excluding hydrogens is 416 g/mol. The van der Waals surface area contributed by atoms with Gasteiger partial charge in [-0.3, -0.25) is 24.7 Å². The number of ether oxygens (including phenoxy) is 1. The minimum atomic E-state index is -0.486. The number of nitro benzene ring substituents is 1. The van der Waals surface area contributed by atoms with Gasteiger partial charge in [0, 0.05) is 43.9 Å². The maximum Gasteiger partial charge on any atom is 0.270 e. The summed E-state index contributed by atoms with van der Waals surface area (Å²) >= 11 is 1.47. The van der Waals surface area contributed by atoms with E-state index in [-0.39, 0.29) is 17.2 Å². The quantitative estimate of drug-likeness (QED) is 0.409. The first kappa shape index (κ1) is 21.4. The van der Waals surface area contributed by atoms with Gasteiger partial charge in [-0.15, -0.1) is 0 Å². The van der Waals surface area contributed by atoms with E-state index in [1.807, 2.05) is 19.1 Å². The van der Waals surface area contributed by atoms with Crippen molar-refractivity contribution in [2.24, 2.45) is 0 Å². The second-order valence-electron chi connectivity index (χ2n) is 7.54. The van der Waals surface area contributed by atoms with Gasteiger partial charge in [0.2, 0.25) is 0 Å². The molecule has 0 radical (unpaired) electrons. The number of hydrogen-bond acceptors (Lipinski definition) is 7. The number of aryl methyl sites for hydroxylation is 1. The highest BCUT2D eigenvalue weighted by atomic mass is 32.1. The average Bonchev–Trinajstić information content (AvgIpc) is 3.20. The van der Waals surface area contributed by atoms with E-state index in [0.717, 1.165) is 55.0 Å². The summed E-state index contributed by atoms with van der Waals surface area (Å²) in [4.78, 5) is 32.7. The molecule has 0 spiro atoms. The third kappa shape index (κ3) is 5.07. The molecule has 0 N–H and O–H groups in total. The zero-order chi connectivity index (χ0) is 21.8. The third-order valence-corrected chi connectivity index (χ3v) is 6.31. The van der Waals surface area contributed by atoms with Crippen LogP contribution in [0, 0.1) is 17.0 Å². The van der Waals surface area contributed by atoms with E-state index in [1.54, 1.807) is 17.0 Å². The first-order chi connectivity index (χ1) is 15.0. The van der Waals surface area contributed by atoms with Crippen LogP contribution in [0.4, 0.5) is 10.8 Å². The molecule has 162 valence electrons. The number of carbonyl (C=O) groups is 1. The largest absolute Gasteiger partial charge is 0.379 e. The highest BCUT2D eigenvalue weighted by Gasteiger charge is 2.23. The lowest BCUT2D eigenvalue weighted by Gasteiger charge is -2.27. The predicted molar refractivity (Wildman–Crippen MR) is 121 cm³/mol. The van der Waals surface area contributed by atoms with Crippen molar-refractivity contribution in [3.8, 4) is 0 Å². The van der Waals surface area contributed by atoms with Crippen molar-refractivity contribution >= 4 is 38.3 Å². The minimum absolute atomic E-state index is 0.0981. The Kier molecular flexibility index (Phi) is 6.55. The maximum atomic E-state index is 13.4. The monoisotopic (exact) mass is 440 g/mol. The van der Waals surface area contributed by atoms with Gasteiger partial charge in [-0.25, -0.2) is 4.98 Å². The number of thiazole rings is 1. The van der Waals surface area contributed by atoms with Gasteiger partial charge in [0.25, 0.3) is 11.6 Å². The number of amides is 1. The van der Waals surface area contributed by atoms with Crippen LogP contribution in [0.3, 0.4) is 0 Å². The lowest BCUT2D eigenvalue weighted by Crippen LogP contribution is -2.39. The SMILES string of the molecule is Cc1ccc2nc(N(CCCN3CCOCC3)C(=O)c3cccc([N+](=O)[O-])c3)sc2c1. The molecule has 1 fully saturated rings. The highest BCUT2D eigenvalue weighted by molar-refractivity contribution is 7.22. The van der Waals surface area contributed by atoms with Gasteiger partial charge in [0.15, 0.2) is 5.13 Å². The zero-order valence-corrected chi connectivity index (χ0v) is 18.1. The molecule has 31 heavy (non-hydrogen) atoms. The number of hydrogen-bond donors (Lipinski definition) is 0. The summed E-state index contributed by atoms with van der Waals surface area (Å²) in [6, 6.07) is 11.9. The summed E-state index contributed by atoms with van der Waals surface area (Å²) in [6.45, 7) is 6.59. The maximum absolute atomic E-state index is 13.4. The Morgan fingerprint density at radius 3 is 2.84 bits per heavy atom. The Bertz CT molecular complexity index is 1090. The predicted octanol–water partition coefficient (Wildman–Crippen LogP) is 3.88. The van der Waals surface area contributed by atoms with E-state index >= 15 is 0 Å². The van der Waals surface area contributed by atoms with Crippen LogP contribution in [0.25, 0.3) is 10.2 Å². The van der Waals surface area contributed by atoms with Crippen molar-refractivity contribution in [1.82, 2.24) is 9.88 Å². The lowest BCUT2D eigenvalue weighted by molar-refractivity contribution is -0.384. The molecule has 2 heterocycles. The average molecular weight is 441 g/mol. The van der Waals surface area contributed by atoms with Crippen LogP contribution in [0.15, 0.2) is 42.5 Å². The van der Waals surface area contributed by atoms with Crippen LogP contribution in [0.2, 0.25) is 0 Å². The molecule has 1 aliphatic heterocycles. The van der Waals surface area contributed by atoms with Crippen LogP contribution in [-0.4, -0.2) is 60.1 Å². The van der Waals surface area contributed by atoms with Crippen molar-refractivity contribution < 1.29 is 14.5 Å². The molecule has 0 bridgehead atoms.